The first-order valence-electron chi connectivity index (χ1n) is 9.14. The number of amides is 1. The van der Waals surface area contributed by atoms with E-state index in [1.807, 2.05) is 22.7 Å². The van der Waals surface area contributed by atoms with Crippen LogP contribution in [0.5, 0.6) is 0 Å². The maximum Gasteiger partial charge on any atom is 0.229 e. The van der Waals surface area contributed by atoms with Gasteiger partial charge in [-0.05, 0) is 49.1 Å². The van der Waals surface area contributed by atoms with Crippen molar-refractivity contribution in [2.45, 2.75) is 37.8 Å². The van der Waals surface area contributed by atoms with Gasteiger partial charge in [-0.1, -0.05) is 11.2 Å². The van der Waals surface area contributed by atoms with Gasteiger partial charge in [-0.3, -0.25) is 9.48 Å². The number of aryl methyl sites for hydroxylation is 1. The number of aromatic nitrogens is 3. The highest BCUT2D eigenvalue weighted by molar-refractivity contribution is 5.87. The topological polar surface area (TPSA) is 64.2 Å². The highest BCUT2D eigenvalue weighted by Gasteiger charge is 2.40. The van der Waals surface area contributed by atoms with E-state index in [9.17, 15) is 9.18 Å². The summed E-state index contributed by atoms with van der Waals surface area (Å²) < 4.78 is 20.7. The molecule has 1 fully saturated rings. The van der Waals surface area contributed by atoms with Crippen LogP contribution in [0.3, 0.4) is 0 Å². The summed E-state index contributed by atoms with van der Waals surface area (Å²) in [5.41, 5.74) is 3.35. The second-order valence-electron chi connectivity index (χ2n) is 7.28. The van der Waals surface area contributed by atoms with Gasteiger partial charge in [0.1, 0.15) is 11.5 Å². The van der Waals surface area contributed by atoms with Crippen molar-refractivity contribution in [3.63, 3.8) is 0 Å². The predicted octanol–water partition coefficient (Wildman–Crippen LogP) is 3.09. The van der Waals surface area contributed by atoms with Gasteiger partial charge in [0, 0.05) is 24.7 Å². The first-order chi connectivity index (χ1) is 13.1. The lowest BCUT2D eigenvalue weighted by atomic mass is 9.97. The first-order valence-corrected chi connectivity index (χ1v) is 9.14. The van der Waals surface area contributed by atoms with Crippen LogP contribution in [0, 0.1) is 5.82 Å². The van der Waals surface area contributed by atoms with Gasteiger partial charge < -0.3 is 9.42 Å². The van der Waals surface area contributed by atoms with Gasteiger partial charge in [-0.2, -0.15) is 5.10 Å². The summed E-state index contributed by atoms with van der Waals surface area (Å²) in [5.74, 6) is -0.344. The monoisotopic (exact) mass is 366 g/mol. The molecule has 2 aromatic heterocycles. The normalized spacial score (nSPS) is 21.7. The average molecular weight is 366 g/mol. The van der Waals surface area contributed by atoms with Crippen LogP contribution in [0.4, 0.5) is 4.39 Å². The molecular weight excluding hydrogens is 347 g/mol. The SMILES string of the molecule is Cn1nccc1C1=CC2CCC(C1)N2C(=O)Cc1noc2ccc(F)cc12. The number of hydrogen-bond acceptors (Lipinski definition) is 4. The van der Waals surface area contributed by atoms with E-state index >= 15 is 0 Å². The second-order valence-corrected chi connectivity index (χ2v) is 7.28. The molecule has 0 aliphatic carbocycles. The van der Waals surface area contributed by atoms with Crippen LogP contribution in [0.15, 0.2) is 41.1 Å². The summed E-state index contributed by atoms with van der Waals surface area (Å²) in [5, 5.41) is 8.81. The number of carbonyl (C=O) groups is 1. The minimum Gasteiger partial charge on any atom is -0.356 e. The molecule has 2 aliphatic rings. The Labute approximate surface area is 155 Å². The quantitative estimate of drug-likeness (QED) is 0.715. The second kappa shape index (κ2) is 6.04. The van der Waals surface area contributed by atoms with Gasteiger partial charge >= 0.3 is 0 Å². The van der Waals surface area contributed by atoms with Crippen molar-refractivity contribution < 1.29 is 13.7 Å². The van der Waals surface area contributed by atoms with Crippen molar-refractivity contribution in [2.75, 3.05) is 0 Å². The fraction of sp³-hybridized carbons (Fsp3) is 0.350. The predicted molar refractivity (Wildman–Crippen MR) is 97.1 cm³/mol. The van der Waals surface area contributed by atoms with E-state index in [1.54, 1.807) is 12.3 Å². The minimum atomic E-state index is -0.360. The minimum absolute atomic E-state index is 0.0160. The molecule has 3 aromatic rings. The molecule has 1 saturated heterocycles. The molecule has 2 unspecified atom stereocenters. The highest BCUT2D eigenvalue weighted by atomic mass is 19.1. The van der Waals surface area contributed by atoms with E-state index in [-0.39, 0.29) is 30.2 Å². The van der Waals surface area contributed by atoms with Crippen LogP contribution >= 0.6 is 0 Å². The standard InChI is InChI=1S/C20H19FN4O2/c1-24-18(6-7-22-24)12-8-14-3-4-15(9-12)25(14)20(26)11-17-16-10-13(21)2-5-19(16)27-23-17/h2,5-8,10,14-15H,3-4,9,11H2,1H3. The molecule has 0 spiro atoms. The Kier molecular flexibility index (Phi) is 3.63. The molecule has 7 heteroatoms. The Balaban J connectivity index is 1.40. The molecule has 2 atom stereocenters. The first kappa shape index (κ1) is 16.2. The Bertz CT molecular complexity index is 1070. The summed E-state index contributed by atoms with van der Waals surface area (Å²) in [7, 11) is 1.93. The van der Waals surface area contributed by atoms with Gasteiger partial charge in [0.2, 0.25) is 5.91 Å². The number of benzene rings is 1. The molecule has 2 aliphatic heterocycles. The Morgan fingerprint density at radius 2 is 2.22 bits per heavy atom. The highest BCUT2D eigenvalue weighted by Crippen LogP contribution is 2.38. The van der Waals surface area contributed by atoms with E-state index in [0.29, 0.717) is 16.7 Å². The zero-order valence-electron chi connectivity index (χ0n) is 14.9. The van der Waals surface area contributed by atoms with Crippen LogP contribution in [0.1, 0.15) is 30.7 Å². The number of fused-ring (bicyclic) bond motifs is 3. The van der Waals surface area contributed by atoms with Crippen LogP contribution in [0.2, 0.25) is 0 Å². The van der Waals surface area contributed by atoms with E-state index in [0.717, 1.165) is 25.0 Å². The van der Waals surface area contributed by atoms with Crippen molar-refractivity contribution in [1.82, 2.24) is 19.8 Å². The third-order valence-electron chi connectivity index (χ3n) is 5.66. The summed E-state index contributed by atoms with van der Waals surface area (Å²) in [6.07, 6.45) is 6.89. The number of hydrogen-bond donors (Lipinski definition) is 0. The zero-order valence-corrected chi connectivity index (χ0v) is 14.9. The van der Waals surface area contributed by atoms with Gasteiger partial charge in [0.25, 0.3) is 0 Å². The Hall–Kier alpha value is -2.96. The molecule has 0 radical (unpaired) electrons. The molecule has 4 heterocycles. The van der Waals surface area contributed by atoms with Crippen molar-refractivity contribution in [1.29, 1.82) is 0 Å². The fourth-order valence-corrected chi connectivity index (χ4v) is 4.42. The molecule has 1 amide bonds. The van der Waals surface area contributed by atoms with Crippen LogP contribution in [-0.4, -0.2) is 37.8 Å². The summed E-state index contributed by atoms with van der Waals surface area (Å²) >= 11 is 0. The van der Waals surface area contributed by atoms with E-state index < -0.39 is 0 Å². The van der Waals surface area contributed by atoms with Gasteiger partial charge in [-0.25, -0.2) is 4.39 Å². The maximum absolute atomic E-state index is 13.6. The maximum atomic E-state index is 13.6. The summed E-state index contributed by atoms with van der Waals surface area (Å²) in [4.78, 5) is 15.0. The Morgan fingerprint density at radius 3 is 3.00 bits per heavy atom. The summed E-state index contributed by atoms with van der Waals surface area (Å²) in [6, 6.07) is 6.54. The molecule has 6 nitrogen and oxygen atoms in total. The van der Waals surface area contributed by atoms with Gasteiger partial charge in [0.15, 0.2) is 5.58 Å². The summed E-state index contributed by atoms with van der Waals surface area (Å²) in [6.45, 7) is 0. The average Bonchev–Trinajstić information content (AvgIpc) is 3.32. The lowest BCUT2D eigenvalue weighted by Crippen LogP contribution is -2.43. The van der Waals surface area contributed by atoms with Gasteiger partial charge in [0.05, 0.1) is 18.2 Å². The van der Waals surface area contributed by atoms with E-state index in [4.69, 9.17) is 4.52 Å². The molecule has 2 bridgehead atoms. The molecule has 5 rings (SSSR count). The third-order valence-corrected chi connectivity index (χ3v) is 5.66. The van der Waals surface area contributed by atoms with Crippen molar-refractivity contribution >= 4 is 22.4 Å². The van der Waals surface area contributed by atoms with E-state index in [1.165, 1.54) is 17.7 Å². The molecule has 138 valence electrons. The Morgan fingerprint density at radius 1 is 1.33 bits per heavy atom. The lowest BCUT2D eigenvalue weighted by molar-refractivity contribution is -0.132. The fourth-order valence-electron chi connectivity index (χ4n) is 4.42. The number of carbonyl (C=O) groups excluding carboxylic acids is 1. The van der Waals surface area contributed by atoms with Crippen LogP contribution < -0.4 is 0 Å². The number of halogens is 1. The molecule has 0 N–H and O–H groups in total. The largest absolute Gasteiger partial charge is 0.356 e. The van der Waals surface area contributed by atoms with Crippen molar-refractivity contribution in [3.8, 4) is 0 Å². The number of nitrogens with zero attached hydrogens (tertiary/aromatic N) is 4. The zero-order chi connectivity index (χ0) is 18.5. The molecule has 0 saturated carbocycles. The van der Waals surface area contributed by atoms with Crippen molar-refractivity contribution in [2.24, 2.45) is 7.05 Å². The van der Waals surface area contributed by atoms with Crippen LogP contribution in [0.25, 0.3) is 16.5 Å². The van der Waals surface area contributed by atoms with Crippen LogP contribution in [-0.2, 0) is 18.3 Å². The smallest absolute Gasteiger partial charge is 0.229 e. The molecule has 27 heavy (non-hydrogen) atoms. The third kappa shape index (κ3) is 2.65. The lowest BCUT2D eigenvalue weighted by Gasteiger charge is -2.34. The van der Waals surface area contributed by atoms with E-state index in [2.05, 4.69) is 16.3 Å². The number of rotatable bonds is 3. The molecular formula is C20H19FN4O2. The van der Waals surface area contributed by atoms with Gasteiger partial charge in [-0.15, -0.1) is 0 Å². The van der Waals surface area contributed by atoms with Crippen molar-refractivity contribution in [3.05, 3.63) is 53.7 Å². The molecule has 1 aromatic carbocycles.